The first-order valence-electron chi connectivity index (χ1n) is 10.8. The van der Waals surface area contributed by atoms with E-state index in [1.54, 1.807) is 20.2 Å². The number of anilines is 1. The van der Waals surface area contributed by atoms with E-state index in [0.717, 1.165) is 37.4 Å². The lowest BCUT2D eigenvalue weighted by Crippen LogP contribution is -2.38. The summed E-state index contributed by atoms with van der Waals surface area (Å²) < 4.78 is 25.1. The van der Waals surface area contributed by atoms with Gasteiger partial charge in [-0.15, -0.1) is 24.0 Å². The fourth-order valence-corrected chi connectivity index (χ4v) is 3.63. The molecule has 1 atom stereocenters. The van der Waals surface area contributed by atoms with Gasteiger partial charge in [0.1, 0.15) is 11.6 Å². The van der Waals surface area contributed by atoms with Crippen molar-refractivity contribution in [1.29, 1.82) is 0 Å². The summed E-state index contributed by atoms with van der Waals surface area (Å²) in [6.07, 6.45) is 0.968. The van der Waals surface area contributed by atoms with Crippen molar-refractivity contribution in [1.82, 2.24) is 10.6 Å². The summed E-state index contributed by atoms with van der Waals surface area (Å²) in [5.74, 6) is 1.79. The van der Waals surface area contributed by atoms with Gasteiger partial charge >= 0.3 is 0 Å². The number of hydrogen-bond donors (Lipinski definition) is 2. The minimum Gasteiger partial charge on any atom is -0.497 e. The highest BCUT2D eigenvalue weighted by molar-refractivity contribution is 14.0. The number of morpholine rings is 1. The van der Waals surface area contributed by atoms with Crippen molar-refractivity contribution in [2.24, 2.45) is 4.99 Å². The van der Waals surface area contributed by atoms with Crippen LogP contribution in [0.3, 0.4) is 0 Å². The lowest BCUT2D eigenvalue weighted by atomic mass is 9.98. The first-order valence-corrected chi connectivity index (χ1v) is 10.8. The summed E-state index contributed by atoms with van der Waals surface area (Å²) in [6.45, 7) is 6.23. The van der Waals surface area contributed by atoms with E-state index in [1.807, 2.05) is 29.2 Å². The smallest absolute Gasteiger partial charge is 0.191 e. The van der Waals surface area contributed by atoms with Gasteiger partial charge in [-0.2, -0.15) is 0 Å². The number of aliphatic imine (C=N–C) groups is 1. The summed E-state index contributed by atoms with van der Waals surface area (Å²) in [4.78, 5) is 6.30. The highest BCUT2D eigenvalue weighted by Crippen LogP contribution is 2.22. The SMILES string of the molecule is CN=C(NCCC(C)c1ccc(OC)cc1)NCc1ccc(N2CCOCC2)c(F)c1.I. The quantitative estimate of drug-likeness (QED) is 0.291. The van der Waals surface area contributed by atoms with Crippen LogP contribution in [0.4, 0.5) is 10.1 Å². The van der Waals surface area contributed by atoms with Crippen LogP contribution in [0.2, 0.25) is 0 Å². The summed E-state index contributed by atoms with van der Waals surface area (Å²) in [5, 5.41) is 6.60. The first kappa shape index (κ1) is 26.2. The van der Waals surface area contributed by atoms with Crippen molar-refractivity contribution in [2.45, 2.75) is 25.8 Å². The molecule has 0 spiro atoms. The van der Waals surface area contributed by atoms with Crippen LogP contribution in [0.5, 0.6) is 5.75 Å². The Labute approximate surface area is 207 Å². The number of hydrogen-bond acceptors (Lipinski definition) is 4. The minimum absolute atomic E-state index is 0. The molecule has 0 aromatic heterocycles. The average molecular weight is 556 g/mol. The molecule has 1 aliphatic heterocycles. The molecule has 0 radical (unpaired) electrons. The Kier molecular flexibility index (Phi) is 11.0. The molecule has 1 aliphatic rings. The zero-order chi connectivity index (χ0) is 22.1. The van der Waals surface area contributed by atoms with Crippen molar-refractivity contribution in [3.63, 3.8) is 0 Å². The molecule has 1 fully saturated rings. The maximum Gasteiger partial charge on any atom is 0.191 e. The van der Waals surface area contributed by atoms with Crippen LogP contribution in [0.15, 0.2) is 47.5 Å². The Hall–Kier alpha value is -2.07. The predicted octanol–water partition coefficient (Wildman–Crippen LogP) is 4.15. The normalized spacial score (nSPS) is 15.0. The van der Waals surface area contributed by atoms with E-state index in [1.165, 1.54) is 5.56 Å². The van der Waals surface area contributed by atoms with Crippen LogP contribution < -0.4 is 20.3 Å². The monoisotopic (exact) mass is 556 g/mol. The van der Waals surface area contributed by atoms with E-state index < -0.39 is 0 Å². The highest BCUT2D eigenvalue weighted by Gasteiger charge is 2.15. The molecule has 3 rings (SSSR count). The first-order chi connectivity index (χ1) is 15.1. The lowest BCUT2D eigenvalue weighted by molar-refractivity contribution is 0.122. The maximum absolute atomic E-state index is 14.6. The van der Waals surface area contributed by atoms with Gasteiger partial charge in [0, 0.05) is 33.2 Å². The fraction of sp³-hybridized carbons (Fsp3) is 0.458. The van der Waals surface area contributed by atoms with Gasteiger partial charge in [-0.3, -0.25) is 4.99 Å². The number of halogens is 2. The molecule has 1 heterocycles. The molecule has 8 heteroatoms. The van der Waals surface area contributed by atoms with Gasteiger partial charge in [-0.05, 0) is 47.7 Å². The second kappa shape index (κ2) is 13.5. The summed E-state index contributed by atoms with van der Waals surface area (Å²) in [7, 11) is 3.41. The molecule has 1 saturated heterocycles. The van der Waals surface area contributed by atoms with Gasteiger partial charge in [0.15, 0.2) is 5.96 Å². The molecule has 176 valence electrons. The third kappa shape index (κ3) is 7.51. The Morgan fingerprint density at radius 1 is 1.16 bits per heavy atom. The molecule has 1 unspecified atom stereocenters. The summed E-state index contributed by atoms with van der Waals surface area (Å²) in [5.41, 5.74) is 2.80. The van der Waals surface area contributed by atoms with Gasteiger partial charge < -0.3 is 25.0 Å². The Morgan fingerprint density at radius 3 is 2.50 bits per heavy atom. The van der Waals surface area contributed by atoms with E-state index in [9.17, 15) is 4.39 Å². The molecule has 0 aliphatic carbocycles. The third-order valence-electron chi connectivity index (χ3n) is 5.60. The van der Waals surface area contributed by atoms with Crippen molar-refractivity contribution < 1.29 is 13.9 Å². The molecule has 2 N–H and O–H groups in total. The highest BCUT2D eigenvalue weighted by atomic mass is 127. The number of ether oxygens (including phenoxy) is 2. The molecule has 6 nitrogen and oxygen atoms in total. The lowest BCUT2D eigenvalue weighted by Gasteiger charge is -2.29. The van der Waals surface area contributed by atoms with Gasteiger partial charge in [0.2, 0.25) is 0 Å². The fourth-order valence-electron chi connectivity index (χ4n) is 3.63. The van der Waals surface area contributed by atoms with Gasteiger partial charge in [-0.25, -0.2) is 4.39 Å². The van der Waals surface area contributed by atoms with Crippen LogP contribution >= 0.6 is 24.0 Å². The van der Waals surface area contributed by atoms with Crippen LogP contribution in [-0.4, -0.2) is 53.0 Å². The number of nitrogens with zero attached hydrogens (tertiary/aromatic N) is 2. The van der Waals surface area contributed by atoms with Crippen LogP contribution in [0.25, 0.3) is 0 Å². The van der Waals surface area contributed by atoms with Crippen molar-refractivity contribution in [2.75, 3.05) is 51.9 Å². The van der Waals surface area contributed by atoms with Gasteiger partial charge in [0.05, 0.1) is 26.0 Å². The Morgan fingerprint density at radius 2 is 1.88 bits per heavy atom. The molecule has 0 bridgehead atoms. The largest absolute Gasteiger partial charge is 0.497 e. The third-order valence-corrected chi connectivity index (χ3v) is 5.60. The predicted molar refractivity (Wildman–Crippen MR) is 139 cm³/mol. The Bertz CT molecular complexity index is 858. The van der Waals surface area contributed by atoms with E-state index in [2.05, 4.69) is 34.7 Å². The van der Waals surface area contributed by atoms with Crippen LogP contribution in [0.1, 0.15) is 30.4 Å². The van der Waals surface area contributed by atoms with E-state index in [-0.39, 0.29) is 29.8 Å². The molecule has 0 saturated carbocycles. The number of guanidine groups is 1. The molecule has 2 aromatic carbocycles. The van der Waals surface area contributed by atoms with Crippen molar-refractivity contribution in [3.8, 4) is 5.75 Å². The standard InChI is InChI=1S/C24H33FN4O2.HI/c1-18(20-5-7-21(30-3)8-6-20)10-11-27-24(26-2)28-17-19-4-9-23(22(25)16-19)29-12-14-31-15-13-29;/h4-9,16,18H,10-15,17H2,1-3H3,(H2,26,27,28);1H. The summed E-state index contributed by atoms with van der Waals surface area (Å²) in [6, 6.07) is 13.6. The second-order valence-corrected chi connectivity index (χ2v) is 7.70. The van der Waals surface area contributed by atoms with Gasteiger partial charge in [-0.1, -0.05) is 25.1 Å². The number of rotatable bonds is 8. The van der Waals surface area contributed by atoms with E-state index >= 15 is 0 Å². The number of benzene rings is 2. The van der Waals surface area contributed by atoms with Crippen molar-refractivity contribution in [3.05, 3.63) is 59.4 Å². The molecular formula is C24H34FIN4O2. The Balaban J connectivity index is 0.00000363. The molecular weight excluding hydrogens is 522 g/mol. The second-order valence-electron chi connectivity index (χ2n) is 7.70. The zero-order valence-electron chi connectivity index (χ0n) is 19.1. The van der Waals surface area contributed by atoms with Gasteiger partial charge in [0.25, 0.3) is 0 Å². The molecule has 0 amide bonds. The average Bonchev–Trinajstić information content (AvgIpc) is 2.81. The van der Waals surface area contributed by atoms with Crippen LogP contribution in [0, 0.1) is 5.82 Å². The number of nitrogens with one attached hydrogen (secondary N) is 2. The van der Waals surface area contributed by atoms with E-state index in [0.29, 0.717) is 37.3 Å². The van der Waals surface area contributed by atoms with Crippen molar-refractivity contribution >= 4 is 35.6 Å². The molecule has 32 heavy (non-hydrogen) atoms. The maximum atomic E-state index is 14.6. The number of methoxy groups -OCH3 is 1. The topological polar surface area (TPSA) is 58.1 Å². The van der Waals surface area contributed by atoms with E-state index in [4.69, 9.17) is 9.47 Å². The van der Waals surface area contributed by atoms with Crippen LogP contribution in [-0.2, 0) is 11.3 Å². The summed E-state index contributed by atoms with van der Waals surface area (Å²) >= 11 is 0. The zero-order valence-corrected chi connectivity index (χ0v) is 21.4. The molecule has 2 aromatic rings. The minimum atomic E-state index is -0.197.